The molecule has 2 amide bonds. The standard InChI is InChI=1S/C18H11Cl2N3O6/c19-9-3-6-11(20)12(7-9)22-17(25)13-14(21-29-16(13)18(22)26)15(24)8-1-4-10(5-2-8)23(27)28/h1-7,13,16,23,27H/t13-,16-/m0/s1. The molecule has 1 unspecified atom stereocenters. The lowest BCUT2D eigenvalue weighted by molar-refractivity contribution is -0.991. The number of carbonyl (C=O) groups excluding carboxylic acids is 3. The van der Waals surface area contributed by atoms with E-state index in [1.807, 2.05) is 0 Å². The number of hydrogen-bond donors (Lipinski definition) is 2. The number of ketones is 1. The van der Waals surface area contributed by atoms with E-state index in [0.29, 0.717) is 0 Å². The molecule has 0 aliphatic carbocycles. The molecule has 2 N–H and O–H groups in total. The predicted octanol–water partition coefficient (Wildman–Crippen LogP) is 1.52. The molecule has 2 aromatic rings. The van der Waals surface area contributed by atoms with Crippen molar-refractivity contribution in [2.45, 2.75) is 6.10 Å². The minimum atomic E-state index is -1.28. The normalized spacial score (nSPS) is 21.7. The number of rotatable bonds is 4. The first-order chi connectivity index (χ1) is 13.8. The van der Waals surface area contributed by atoms with Crippen LogP contribution in [0.3, 0.4) is 0 Å². The van der Waals surface area contributed by atoms with Gasteiger partial charge in [-0.15, -0.1) is 0 Å². The number of halogens is 2. The lowest BCUT2D eigenvalue weighted by atomic mass is 9.93. The largest absolute Gasteiger partial charge is 0.595 e. The van der Waals surface area contributed by atoms with Gasteiger partial charge in [0.1, 0.15) is 11.6 Å². The molecular formula is C18H11Cl2N3O6. The molecule has 2 aliphatic rings. The van der Waals surface area contributed by atoms with E-state index in [1.165, 1.54) is 42.5 Å². The highest BCUT2D eigenvalue weighted by molar-refractivity contribution is 6.53. The third-order valence-corrected chi connectivity index (χ3v) is 5.14. The van der Waals surface area contributed by atoms with Crippen LogP contribution in [0.15, 0.2) is 47.6 Å². The topological polar surface area (TPSA) is 124 Å². The molecule has 0 bridgehead atoms. The second-order valence-electron chi connectivity index (χ2n) is 6.30. The van der Waals surface area contributed by atoms with E-state index in [4.69, 9.17) is 33.2 Å². The van der Waals surface area contributed by atoms with Crippen molar-refractivity contribution in [3.8, 4) is 0 Å². The summed E-state index contributed by atoms with van der Waals surface area (Å²) in [5.41, 5.74) is -0.0442. The Bertz CT molecular complexity index is 1070. The highest BCUT2D eigenvalue weighted by Crippen LogP contribution is 2.38. The summed E-state index contributed by atoms with van der Waals surface area (Å²) in [7, 11) is 0. The van der Waals surface area contributed by atoms with Crippen molar-refractivity contribution in [1.29, 1.82) is 0 Å². The molecule has 11 heteroatoms. The molecule has 2 heterocycles. The van der Waals surface area contributed by atoms with Gasteiger partial charge >= 0.3 is 0 Å². The number of benzene rings is 2. The fraction of sp³-hybridized carbons (Fsp3) is 0.111. The molecule has 0 saturated carbocycles. The van der Waals surface area contributed by atoms with Crippen LogP contribution >= 0.6 is 23.2 Å². The molecule has 9 nitrogen and oxygen atoms in total. The number of nitrogens with one attached hydrogen (secondary N) is 1. The van der Waals surface area contributed by atoms with Gasteiger partial charge in [0, 0.05) is 22.7 Å². The summed E-state index contributed by atoms with van der Waals surface area (Å²) in [6.07, 6.45) is -1.28. The van der Waals surface area contributed by atoms with Crippen LogP contribution in [0.25, 0.3) is 0 Å². The van der Waals surface area contributed by atoms with Crippen molar-refractivity contribution in [3.63, 3.8) is 0 Å². The maximum atomic E-state index is 13.0. The minimum absolute atomic E-state index is 0.00192. The molecule has 1 saturated heterocycles. The summed E-state index contributed by atoms with van der Waals surface area (Å²) in [5.74, 6) is -3.30. The number of anilines is 1. The van der Waals surface area contributed by atoms with Gasteiger partial charge < -0.3 is 10.0 Å². The quantitative estimate of drug-likeness (QED) is 0.426. The van der Waals surface area contributed by atoms with E-state index >= 15 is 0 Å². The average molecular weight is 436 g/mol. The number of hydrogen-bond acceptors (Lipinski definition) is 7. The second kappa shape index (κ2) is 7.21. The highest BCUT2D eigenvalue weighted by atomic mass is 35.5. The van der Waals surface area contributed by atoms with Gasteiger partial charge in [-0.1, -0.05) is 28.4 Å². The first-order valence-corrected chi connectivity index (χ1v) is 9.00. The SMILES string of the molecule is O=C(C1=NO[C@@H]2C(=O)N(c3cc(Cl)ccc3Cl)C(=O)[C@@H]12)c1ccc([NH+]([O-])O)cc1. The molecule has 0 radical (unpaired) electrons. The number of quaternary nitrogens is 1. The number of oxime groups is 1. The molecule has 2 aromatic carbocycles. The molecule has 2 aliphatic heterocycles. The van der Waals surface area contributed by atoms with Gasteiger partial charge in [-0.3, -0.25) is 14.4 Å². The maximum Gasteiger partial charge on any atom is 0.279 e. The molecule has 1 fully saturated rings. The second-order valence-corrected chi connectivity index (χ2v) is 7.14. The minimum Gasteiger partial charge on any atom is -0.595 e. The van der Waals surface area contributed by atoms with Crippen LogP contribution in [0.2, 0.25) is 10.0 Å². The van der Waals surface area contributed by atoms with Crippen LogP contribution in [0.4, 0.5) is 11.4 Å². The zero-order valence-corrected chi connectivity index (χ0v) is 15.8. The summed E-state index contributed by atoms with van der Waals surface area (Å²) in [6.45, 7) is 0. The van der Waals surface area contributed by atoms with Crippen molar-refractivity contribution in [1.82, 2.24) is 0 Å². The smallest absolute Gasteiger partial charge is 0.279 e. The van der Waals surface area contributed by atoms with Crippen LogP contribution in [0, 0.1) is 11.1 Å². The van der Waals surface area contributed by atoms with Gasteiger partial charge in [-0.05, 0) is 30.3 Å². The van der Waals surface area contributed by atoms with Crippen molar-refractivity contribution >= 4 is 57.9 Å². The summed E-state index contributed by atoms with van der Waals surface area (Å²) >= 11 is 12.1. The number of Topliss-reactive ketones (excluding diaryl/α,β-unsaturated/α-hetero) is 1. The monoisotopic (exact) mass is 435 g/mol. The van der Waals surface area contributed by atoms with Crippen molar-refractivity contribution in [3.05, 3.63) is 63.3 Å². The molecule has 148 valence electrons. The number of imide groups is 1. The lowest BCUT2D eigenvalue weighted by Crippen LogP contribution is -2.99. The number of fused-ring (bicyclic) bond motifs is 1. The first kappa shape index (κ1) is 19.5. The molecule has 4 rings (SSSR count). The van der Waals surface area contributed by atoms with E-state index in [9.17, 15) is 19.6 Å². The van der Waals surface area contributed by atoms with Gasteiger partial charge in [-0.25, -0.2) is 10.1 Å². The highest BCUT2D eigenvalue weighted by Gasteiger charge is 2.57. The third-order valence-electron chi connectivity index (χ3n) is 4.59. The van der Waals surface area contributed by atoms with Gasteiger partial charge in [0.2, 0.25) is 17.8 Å². The van der Waals surface area contributed by atoms with Crippen LogP contribution in [-0.4, -0.2) is 34.6 Å². The zero-order chi connectivity index (χ0) is 20.9. The maximum absolute atomic E-state index is 13.0. The van der Waals surface area contributed by atoms with Gasteiger partial charge in [0.15, 0.2) is 5.69 Å². The van der Waals surface area contributed by atoms with Crippen molar-refractivity contribution in [2.24, 2.45) is 11.1 Å². The molecule has 0 aromatic heterocycles. The average Bonchev–Trinajstić information content (AvgIpc) is 3.24. The fourth-order valence-corrected chi connectivity index (χ4v) is 3.54. The van der Waals surface area contributed by atoms with E-state index in [0.717, 1.165) is 4.90 Å². The summed E-state index contributed by atoms with van der Waals surface area (Å²) in [5, 5.41) is 22.8. The molecular weight excluding hydrogens is 425 g/mol. The van der Waals surface area contributed by atoms with Gasteiger partial charge in [0.05, 0.1) is 10.7 Å². The van der Waals surface area contributed by atoms with Gasteiger partial charge in [0.25, 0.3) is 5.91 Å². The Labute approximate surface area is 173 Å². The Morgan fingerprint density at radius 1 is 1.14 bits per heavy atom. The van der Waals surface area contributed by atoms with Crippen LogP contribution in [0.5, 0.6) is 0 Å². The first-order valence-electron chi connectivity index (χ1n) is 8.24. The Kier molecular flexibility index (Phi) is 4.85. The Hall–Kier alpha value is -2.82. The van der Waals surface area contributed by atoms with Crippen molar-refractivity contribution < 1.29 is 29.7 Å². The molecule has 29 heavy (non-hydrogen) atoms. The number of amides is 2. The van der Waals surface area contributed by atoms with E-state index in [2.05, 4.69) is 5.16 Å². The van der Waals surface area contributed by atoms with E-state index in [1.54, 1.807) is 0 Å². The summed E-state index contributed by atoms with van der Waals surface area (Å²) in [4.78, 5) is 44.4. The van der Waals surface area contributed by atoms with E-state index < -0.39 is 34.8 Å². The van der Waals surface area contributed by atoms with Crippen LogP contribution < -0.4 is 10.1 Å². The summed E-state index contributed by atoms with van der Waals surface area (Å²) in [6, 6.07) is 9.42. The van der Waals surface area contributed by atoms with Crippen molar-refractivity contribution in [2.75, 3.05) is 4.90 Å². The fourth-order valence-electron chi connectivity index (χ4n) is 3.17. The molecule has 3 atom stereocenters. The Morgan fingerprint density at radius 3 is 2.48 bits per heavy atom. The summed E-state index contributed by atoms with van der Waals surface area (Å²) < 4.78 is 0. The molecule has 0 spiro atoms. The predicted molar refractivity (Wildman–Crippen MR) is 101 cm³/mol. The van der Waals surface area contributed by atoms with Gasteiger partial charge in [-0.2, -0.15) is 5.23 Å². The Balaban J connectivity index is 1.65. The number of nitrogens with zero attached hydrogens (tertiary/aromatic N) is 2. The van der Waals surface area contributed by atoms with Crippen LogP contribution in [-0.2, 0) is 14.4 Å². The Morgan fingerprint density at radius 2 is 1.83 bits per heavy atom. The van der Waals surface area contributed by atoms with E-state index in [-0.39, 0.29) is 32.7 Å². The van der Waals surface area contributed by atoms with Crippen LogP contribution in [0.1, 0.15) is 10.4 Å². The lowest BCUT2D eigenvalue weighted by Gasteiger charge is -2.17. The number of carbonyl (C=O) groups is 3. The zero-order valence-electron chi connectivity index (χ0n) is 14.3. The third kappa shape index (κ3) is 3.18.